The van der Waals surface area contributed by atoms with Crippen LogP contribution in [0.2, 0.25) is 0 Å². The maximum absolute atomic E-state index is 12.1. The Bertz CT molecular complexity index is 737. The van der Waals surface area contributed by atoms with E-state index in [1.165, 1.54) is 0 Å². The first-order chi connectivity index (χ1) is 10.8. The van der Waals surface area contributed by atoms with E-state index >= 15 is 0 Å². The fourth-order valence-electron chi connectivity index (χ4n) is 2.46. The first kappa shape index (κ1) is 14.0. The molecule has 5 heteroatoms. The number of nitrogens with one attached hydrogen (secondary N) is 1. The van der Waals surface area contributed by atoms with E-state index in [0.29, 0.717) is 0 Å². The number of carbonyl (C=O) groups excluding carboxylic acids is 1. The van der Waals surface area contributed by atoms with Crippen LogP contribution in [-0.2, 0) is 4.79 Å². The molecule has 2 aromatic carbocycles. The highest BCUT2D eigenvalue weighted by molar-refractivity contribution is 5.86. The van der Waals surface area contributed by atoms with Gasteiger partial charge >= 0.3 is 0 Å². The van der Waals surface area contributed by atoms with Gasteiger partial charge in [-0.05, 0) is 23.3 Å². The van der Waals surface area contributed by atoms with Crippen LogP contribution in [0, 0.1) is 0 Å². The van der Waals surface area contributed by atoms with Crippen LogP contribution >= 0.6 is 0 Å². The number of hydrogen-bond acceptors (Lipinski definition) is 3. The van der Waals surface area contributed by atoms with Gasteiger partial charge in [-0.3, -0.25) is 10.0 Å². The van der Waals surface area contributed by atoms with E-state index < -0.39 is 11.8 Å². The SMILES string of the molecule is O=C(NO)C(c1ccccc1)c1ccc(-n2ccnc2)cc1. The molecule has 110 valence electrons. The smallest absolute Gasteiger partial charge is 0.255 e. The van der Waals surface area contributed by atoms with Crippen molar-refractivity contribution in [1.29, 1.82) is 0 Å². The van der Waals surface area contributed by atoms with Gasteiger partial charge in [-0.25, -0.2) is 10.5 Å². The Labute approximate surface area is 127 Å². The number of carbonyl (C=O) groups is 1. The van der Waals surface area contributed by atoms with Crippen molar-refractivity contribution in [3.8, 4) is 5.69 Å². The van der Waals surface area contributed by atoms with E-state index in [1.54, 1.807) is 18.0 Å². The third-order valence-corrected chi connectivity index (χ3v) is 3.53. The van der Waals surface area contributed by atoms with Crippen LogP contribution in [0.25, 0.3) is 5.69 Å². The fourth-order valence-corrected chi connectivity index (χ4v) is 2.46. The molecule has 1 unspecified atom stereocenters. The minimum atomic E-state index is -0.553. The zero-order chi connectivity index (χ0) is 15.4. The summed E-state index contributed by atoms with van der Waals surface area (Å²) in [6.07, 6.45) is 5.27. The van der Waals surface area contributed by atoms with Crippen LogP contribution in [-0.4, -0.2) is 20.7 Å². The highest BCUT2D eigenvalue weighted by atomic mass is 16.5. The summed E-state index contributed by atoms with van der Waals surface area (Å²) in [6.45, 7) is 0. The van der Waals surface area contributed by atoms with Crippen molar-refractivity contribution in [3.05, 3.63) is 84.4 Å². The maximum Gasteiger partial charge on any atom is 0.255 e. The first-order valence-electron chi connectivity index (χ1n) is 6.87. The molecule has 3 rings (SSSR count). The Morgan fingerprint density at radius 3 is 2.32 bits per heavy atom. The number of imidazole rings is 1. The van der Waals surface area contributed by atoms with Crippen molar-refractivity contribution in [2.24, 2.45) is 0 Å². The van der Waals surface area contributed by atoms with Gasteiger partial charge in [-0.1, -0.05) is 42.5 Å². The Kier molecular flexibility index (Phi) is 3.98. The quantitative estimate of drug-likeness (QED) is 0.574. The zero-order valence-electron chi connectivity index (χ0n) is 11.8. The van der Waals surface area contributed by atoms with Crippen LogP contribution in [0.5, 0.6) is 0 Å². The Morgan fingerprint density at radius 2 is 1.73 bits per heavy atom. The molecule has 1 amide bonds. The van der Waals surface area contributed by atoms with Gasteiger partial charge in [0.25, 0.3) is 5.91 Å². The molecule has 0 aliphatic carbocycles. The summed E-state index contributed by atoms with van der Waals surface area (Å²) >= 11 is 0. The van der Waals surface area contributed by atoms with E-state index in [1.807, 2.05) is 65.4 Å². The number of amides is 1. The van der Waals surface area contributed by atoms with Gasteiger partial charge < -0.3 is 4.57 Å². The first-order valence-corrected chi connectivity index (χ1v) is 6.87. The predicted octanol–water partition coefficient (Wildman–Crippen LogP) is 2.51. The summed E-state index contributed by atoms with van der Waals surface area (Å²) in [5, 5.41) is 9.02. The minimum absolute atomic E-state index is 0.457. The number of hydrogen-bond donors (Lipinski definition) is 2. The average Bonchev–Trinajstić information content (AvgIpc) is 3.11. The van der Waals surface area contributed by atoms with Gasteiger partial charge in [-0.2, -0.15) is 0 Å². The largest absolute Gasteiger partial charge is 0.306 e. The lowest BCUT2D eigenvalue weighted by molar-refractivity contribution is -0.129. The Balaban J connectivity index is 1.97. The molecular weight excluding hydrogens is 278 g/mol. The molecule has 3 aromatic rings. The Morgan fingerprint density at radius 1 is 1.05 bits per heavy atom. The van der Waals surface area contributed by atoms with Gasteiger partial charge in [0.1, 0.15) is 0 Å². The summed E-state index contributed by atoms with van der Waals surface area (Å²) in [5.41, 5.74) is 4.34. The molecule has 2 N–H and O–H groups in total. The highest BCUT2D eigenvalue weighted by Crippen LogP contribution is 2.25. The van der Waals surface area contributed by atoms with Crippen molar-refractivity contribution in [3.63, 3.8) is 0 Å². The van der Waals surface area contributed by atoms with Gasteiger partial charge in [-0.15, -0.1) is 0 Å². The molecule has 1 heterocycles. The molecule has 0 saturated carbocycles. The van der Waals surface area contributed by atoms with Gasteiger partial charge in [0, 0.05) is 18.1 Å². The second kappa shape index (κ2) is 6.24. The molecule has 1 atom stereocenters. The lowest BCUT2D eigenvalue weighted by atomic mass is 9.90. The Hall–Kier alpha value is -2.92. The van der Waals surface area contributed by atoms with E-state index in [2.05, 4.69) is 4.98 Å². The average molecular weight is 293 g/mol. The van der Waals surface area contributed by atoms with Gasteiger partial charge in [0.15, 0.2) is 0 Å². The van der Waals surface area contributed by atoms with Gasteiger partial charge in [0.05, 0.1) is 12.2 Å². The number of hydroxylamine groups is 1. The number of rotatable bonds is 4. The van der Waals surface area contributed by atoms with Gasteiger partial charge in [0.2, 0.25) is 0 Å². The number of benzene rings is 2. The molecule has 0 aliphatic heterocycles. The van der Waals surface area contributed by atoms with Crippen molar-refractivity contribution in [2.75, 3.05) is 0 Å². The molecule has 1 aromatic heterocycles. The molecule has 0 aliphatic rings. The third kappa shape index (κ3) is 2.75. The van der Waals surface area contributed by atoms with E-state index in [9.17, 15) is 4.79 Å². The lowest BCUT2D eigenvalue weighted by Crippen LogP contribution is -2.27. The lowest BCUT2D eigenvalue weighted by Gasteiger charge is -2.16. The second-order valence-corrected chi connectivity index (χ2v) is 4.88. The third-order valence-electron chi connectivity index (χ3n) is 3.53. The molecule has 0 radical (unpaired) electrons. The molecule has 0 fully saturated rings. The molecule has 0 saturated heterocycles. The van der Waals surface area contributed by atoms with Crippen molar-refractivity contribution >= 4 is 5.91 Å². The molecular formula is C17H15N3O2. The molecule has 22 heavy (non-hydrogen) atoms. The minimum Gasteiger partial charge on any atom is -0.306 e. The second-order valence-electron chi connectivity index (χ2n) is 4.88. The number of nitrogens with zero attached hydrogens (tertiary/aromatic N) is 2. The summed E-state index contributed by atoms with van der Waals surface area (Å²) < 4.78 is 1.88. The van der Waals surface area contributed by atoms with E-state index in [-0.39, 0.29) is 0 Å². The van der Waals surface area contributed by atoms with E-state index in [0.717, 1.165) is 16.8 Å². The van der Waals surface area contributed by atoms with Crippen molar-refractivity contribution in [1.82, 2.24) is 15.0 Å². The van der Waals surface area contributed by atoms with Crippen LogP contribution in [0.1, 0.15) is 17.0 Å². The summed E-state index contributed by atoms with van der Waals surface area (Å²) in [7, 11) is 0. The molecule has 0 bridgehead atoms. The van der Waals surface area contributed by atoms with Crippen molar-refractivity contribution < 1.29 is 10.0 Å². The van der Waals surface area contributed by atoms with Crippen LogP contribution in [0.3, 0.4) is 0 Å². The van der Waals surface area contributed by atoms with Crippen molar-refractivity contribution in [2.45, 2.75) is 5.92 Å². The zero-order valence-corrected chi connectivity index (χ0v) is 11.8. The van der Waals surface area contributed by atoms with E-state index in [4.69, 9.17) is 5.21 Å². The van der Waals surface area contributed by atoms with Crippen LogP contribution in [0.15, 0.2) is 73.3 Å². The summed E-state index contributed by atoms with van der Waals surface area (Å²) in [5.74, 6) is -1.01. The standard InChI is InChI=1S/C17H15N3O2/c21-17(19-22)16(13-4-2-1-3-5-13)14-6-8-15(9-7-14)20-11-10-18-12-20/h1-12,16,22H,(H,19,21). The maximum atomic E-state index is 12.1. The van der Waals surface area contributed by atoms with Crippen LogP contribution in [0.4, 0.5) is 0 Å². The topological polar surface area (TPSA) is 67.2 Å². The molecule has 5 nitrogen and oxygen atoms in total. The number of aromatic nitrogens is 2. The monoisotopic (exact) mass is 293 g/mol. The summed E-state index contributed by atoms with van der Waals surface area (Å²) in [6, 6.07) is 16.9. The highest BCUT2D eigenvalue weighted by Gasteiger charge is 2.22. The predicted molar refractivity (Wildman–Crippen MR) is 81.8 cm³/mol. The van der Waals surface area contributed by atoms with Crippen LogP contribution < -0.4 is 5.48 Å². The molecule has 0 spiro atoms. The normalized spacial score (nSPS) is 11.9. The fraction of sp³-hybridized carbons (Fsp3) is 0.0588. The summed E-state index contributed by atoms with van der Waals surface area (Å²) in [4.78, 5) is 16.1.